The van der Waals surface area contributed by atoms with Crippen LogP contribution in [0.2, 0.25) is 0 Å². The molecule has 0 radical (unpaired) electrons. The zero-order valence-electron chi connectivity index (χ0n) is 20.4. The van der Waals surface area contributed by atoms with Gasteiger partial charge in [0, 0.05) is 18.0 Å². The fourth-order valence-electron chi connectivity index (χ4n) is 5.16. The standard InChI is InChI=1S/C25H34N8O2/c1-3-35-21-8-6-20(7-9-21)33-23-22(31-32-33)15-27-25(30-23)29-19-5-4-18(14-19)24(34)28-16(2)17-10-12-26-13-11-17/h6-9,15-19,26H,3-5,10-14H2,1-2H3,(H,28,34)(H,27,29,30)/t16?,18-,19-/m1/s1. The molecule has 10 heteroatoms. The summed E-state index contributed by atoms with van der Waals surface area (Å²) in [6, 6.07) is 8.05. The number of aromatic nitrogens is 5. The highest BCUT2D eigenvalue weighted by molar-refractivity contribution is 5.79. The van der Waals surface area contributed by atoms with E-state index in [4.69, 9.17) is 9.72 Å². The maximum Gasteiger partial charge on any atom is 0.225 e. The lowest BCUT2D eigenvalue weighted by atomic mass is 9.91. The van der Waals surface area contributed by atoms with Crippen LogP contribution in [0.15, 0.2) is 30.5 Å². The molecule has 0 spiro atoms. The Balaban J connectivity index is 1.21. The lowest BCUT2D eigenvalue weighted by Crippen LogP contribution is -2.44. The van der Waals surface area contributed by atoms with Crippen molar-refractivity contribution in [3.63, 3.8) is 0 Å². The highest BCUT2D eigenvalue weighted by atomic mass is 16.5. The molecule has 1 aromatic carbocycles. The summed E-state index contributed by atoms with van der Waals surface area (Å²) in [5.74, 6) is 2.10. The average Bonchev–Trinajstić information content (AvgIpc) is 3.52. The van der Waals surface area contributed by atoms with E-state index in [2.05, 4.69) is 38.2 Å². The highest BCUT2D eigenvalue weighted by Gasteiger charge is 2.32. The summed E-state index contributed by atoms with van der Waals surface area (Å²) in [4.78, 5) is 22.0. The largest absolute Gasteiger partial charge is 0.494 e. The lowest BCUT2D eigenvalue weighted by Gasteiger charge is -2.29. The van der Waals surface area contributed by atoms with E-state index < -0.39 is 0 Å². The fraction of sp³-hybridized carbons (Fsp3) is 0.560. The Morgan fingerprint density at radius 3 is 2.77 bits per heavy atom. The summed E-state index contributed by atoms with van der Waals surface area (Å²) in [6.07, 6.45) is 6.50. The Labute approximate surface area is 205 Å². The number of hydrogen-bond acceptors (Lipinski definition) is 8. The third-order valence-electron chi connectivity index (χ3n) is 7.18. The molecule has 0 bridgehead atoms. The van der Waals surface area contributed by atoms with Crippen LogP contribution >= 0.6 is 0 Å². The molecule has 2 aliphatic rings. The number of rotatable bonds is 8. The molecule has 186 valence electrons. The van der Waals surface area contributed by atoms with Crippen molar-refractivity contribution in [2.75, 3.05) is 25.0 Å². The van der Waals surface area contributed by atoms with Crippen LogP contribution < -0.4 is 20.7 Å². The van der Waals surface area contributed by atoms with Gasteiger partial charge in [-0.1, -0.05) is 5.21 Å². The van der Waals surface area contributed by atoms with Gasteiger partial charge in [-0.05, 0) is 89.2 Å². The second-order valence-corrected chi connectivity index (χ2v) is 9.57. The fourth-order valence-corrected chi connectivity index (χ4v) is 5.16. The molecular weight excluding hydrogens is 444 g/mol. The van der Waals surface area contributed by atoms with E-state index in [0.717, 1.165) is 56.6 Å². The van der Waals surface area contributed by atoms with Gasteiger partial charge < -0.3 is 20.7 Å². The Morgan fingerprint density at radius 2 is 2.00 bits per heavy atom. The van der Waals surface area contributed by atoms with Crippen LogP contribution in [-0.2, 0) is 4.79 Å². The van der Waals surface area contributed by atoms with E-state index in [1.165, 1.54) is 0 Å². The van der Waals surface area contributed by atoms with Crippen LogP contribution in [0.5, 0.6) is 5.75 Å². The smallest absolute Gasteiger partial charge is 0.225 e. The molecule has 10 nitrogen and oxygen atoms in total. The minimum atomic E-state index is 0.0245. The molecular formula is C25H34N8O2. The molecule has 1 aliphatic carbocycles. The van der Waals surface area contributed by atoms with Crippen LogP contribution in [0.25, 0.3) is 16.9 Å². The Morgan fingerprint density at radius 1 is 1.20 bits per heavy atom. The van der Waals surface area contributed by atoms with Crippen LogP contribution in [0.3, 0.4) is 0 Å². The first kappa shape index (κ1) is 23.5. The van der Waals surface area contributed by atoms with Crippen LogP contribution in [0.4, 0.5) is 5.95 Å². The van der Waals surface area contributed by atoms with Crippen molar-refractivity contribution < 1.29 is 9.53 Å². The number of fused-ring (bicyclic) bond motifs is 1. The van der Waals surface area contributed by atoms with Crippen molar-refractivity contribution in [3.05, 3.63) is 30.5 Å². The minimum absolute atomic E-state index is 0.0245. The van der Waals surface area contributed by atoms with Gasteiger partial charge in [0.15, 0.2) is 11.2 Å². The predicted molar refractivity (Wildman–Crippen MR) is 134 cm³/mol. The van der Waals surface area contributed by atoms with Crippen LogP contribution in [0, 0.1) is 11.8 Å². The molecule has 3 heterocycles. The molecule has 3 atom stereocenters. The van der Waals surface area contributed by atoms with Gasteiger partial charge in [0.05, 0.1) is 18.5 Å². The van der Waals surface area contributed by atoms with E-state index in [-0.39, 0.29) is 23.9 Å². The van der Waals surface area contributed by atoms with Gasteiger partial charge in [0.25, 0.3) is 0 Å². The van der Waals surface area contributed by atoms with Crippen molar-refractivity contribution in [2.45, 2.75) is 58.0 Å². The van der Waals surface area contributed by atoms with Gasteiger partial charge in [0.2, 0.25) is 11.9 Å². The van der Waals surface area contributed by atoms with E-state index in [1.54, 1.807) is 10.9 Å². The summed E-state index contributed by atoms with van der Waals surface area (Å²) in [7, 11) is 0. The first-order valence-corrected chi connectivity index (χ1v) is 12.7. The van der Waals surface area contributed by atoms with E-state index in [9.17, 15) is 4.79 Å². The van der Waals surface area contributed by atoms with Gasteiger partial charge in [-0.25, -0.2) is 4.98 Å². The maximum atomic E-state index is 12.9. The molecule has 1 saturated carbocycles. The first-order chi connectivity index (χ1) is 17.1. The number of nitrogens with one attached hydrogen (secondary N) is 3. The van der Waals surface area contributed by atoms with Gasteiger partial charge in [0.1, 0.15) is 5.75 Å². The number of amides is 1. The predicted octanol–water partition coefficient (Wildman–Crippen LogP) is 2.69. The monoisotopic (exact) mass is 478 g/mol. The second-order valence-electron chi connectivity index (χ2n) is 9.57. The van der Waals surface area contributed by atoms with Crippen molar-refractivity contribution in [1.29, 1.82) is 0 Å². The molecule has 1 aliphatic heterocycles. The molecule has 3 N–H and O–H groups in total. The number of hydrogen-bond donors (Lipinski definition) is 3. The van der Waals surface area contributed by atoms with Crippen molar-refractivity contribution in [3.8, 4) is 11.4 Å². The number of anilines is 1. The molecule has 1 amide bonds. The first-order valence-electron chi connectivity index (χ1n) is 12.7. The SMILES string of the molecule is CCOc1ccc(-n2nnc3cnc(N[C@@H]4CC[C@@H](C(=O)NC(C)C5CCNCC5)C4)nc32)cc1. The van der Waals surface area contributed by atoms with Crippen molar-refractivity contribution in [1.82, 2.24) is 35.6 Å². The highest BCUT2D eigenvalue weighted by Crippen LogP contribution is 2.29. The minimum Gasteiger partial charge on any atom is -0.494 e. The number of ether oxygens (including phenoxy) is 1. The third kappa shape index (κ3) is 5.37. The van der Waals surface area contributed by atoms with E-state index >= 15 is 0 Å². The van der Waals surface area contributed by atoms with Gasteiger partial charge in [-0.15, -0.1) is 5.10 Å². The number of piperidine rings is 1. The third-order valence-corrected chi connectivity index (χ3v) is 7.18. The molecule has 35 heavy (non-hydrogen) atoms. The summed E-state index contributed by atoms with van der Waals surface area (Å²) in [5.41, 5.74) is 2.11. The number of nitrogens with zero attached hydrogens (tertiary/aromatic N) is 5. The molecule has 2 fully saturated rings. The lowest BCUT2D eigenvalue weighted by molar-refractivity contribution is -0.125. The maximum absolute atomic E-state index is 12.9. The summed E-state index contributed by atoms with van der Waals surface area (Å²) in [6.45, 7) is 6.80. The van der Waals surface area contributed by atoms with Gasteiger partial charge in [-0.2, -0.15) is 9.67 Å². The molecule has 1 unspecified atom stereocenters. The average molecular weight is 479 g/mol. The Bertz CT molecular complexity index is 1140. The number of carbonyl (C=O) groups is 1. The molecule has 5 rings (SSSR count). The van der Waals surface area contributed by atoms with Crippen molar-refractivity contribution in [2.24, 2.45) is 11.8 Å². The summed E-state index contributed by atoms with van der Waals surface area (Å²) in [5, 5.41) is 18.6. The molecule has 2 aromatic heterocycles. The van der Waals surface area contributed by atoms with Crippen molar-refractivity contribution >= 4 is 23.0 Å². The van der Waals surface area contributed by atoms with Gasteiger partial charge >= 0.3 is 0 Å². The Hall–Kier alpha value is -3.27. The zero-order valence-corrected chi connectivity index (χ0v) is 20.4. The van der Waals surface area contributed by atoms with Gasteiger partial charge in [-0.3, -0.25) is 4.79 Å². The van der Waals surface area contributed by atoms with E-state index in [1.807, 2.05) is 31.2 Å². The van der Waals surface area contributed by atoms with E-state index in [0.29, 0.717) is 29.6 Å². The number of carbonyl (C=O) groups excluding carboxylic acids is 1. The summed E-state index contributed by atoms with van der Waals surface area (Å²) >= 11 is 0. The zero-order chi connectivity index (χ0) is 24.2. The quantitative estimate of drug-likeness (QED) is 0.452. The van der Waals surface area contributed by atoms with Crippen LogP contribution in [0.1, 0.15) is 46.0 Å². The second kappa shape index (κ2) is 10.6. The normalized spacial score (nSPS) is 21.7. The number of benzene rings is 1. The molecule has 1 saturated heterocycles. The van der Waals surface area contributed by atoms with Crippen LogP contribution in [-0.4, -0.2) is 62.6 Å². The topological polar surface area (TPSA) is 119 Å². The summed E-state index contributed by atoms with van der Waals surface area (Å²) < 4.78 is 7.22. The Kier molecular flexibility index (Phi) is 7.08. The molecule has 3 aromatic rings.